The summed E-state index contributed by atoms with van der Waals surface area (Å²) in [6.07, 6.45) is 1.59. The van der Waals surface area contributed by atoms with E-state index >= 15 is 0 Å². The number of nitrogens with one attached hydrogen (secondary N) is 2. The highest BCUT2D eigenvalue weighted by molar-refractivity contribution is 14.1. The zero-order chi connectivity index (χ0) is 19.8. The van der Waals surface area contributed by atoms with Gasteiger partial charge in [0.25, 0.3) is 5.91 Å². The molecule has 5 nitrogen and oxygen atoms in total. The summed E-state index contributed by atoms with van der Waals surface area (Å²) in [6, 6.07) is 23.1. The van der Waals surface area contributed by atoms with Gasteiger partial charge in [-0.15, -0.1) is 0 Å². The van der Waals surface area contributed by atoms with Crippen LogP contribution in [0.25, 0.3) is 0 Å². The molecule has 0 heterocycles. The normalized spacial score (nSPS) is 10.6. The van der Waals surface area contributed by atoms with Crippen molar-refractivity contribution in [3.63, 3.8) is 0 Å². The molecule has 0 fully saturated rings. The lowest BCUT2D eigenvalue weighted by Crippen LogP contribution is -2.26. The van der Waals surface area contributed by atoms with Gasteiger partial charge < -0.3 is 10.1 Å². The summed E-state index contributed by atoms with van der Waals surface area (Å²) in [7, 11) is 0. The van der Waals surface area contributed by atoms with Gasteiger partial charge in [0.05, 0.1) is 12.8 Å². The monoisotopic (exact) mass is 485 g/mol. The number of benzene rings is 3. The second-order valence-corrected chi connectivity index (χ2v) is 7.34. The molecule has 3 aromatic carbocycles. The molecule has 0 saturated heterocycles. The lowest BCUT2D eigenvalue weighted by Gasteiger charge is -2.09. The first kappa shape index (κ1) is 19.9. The molecule has 0 radical (unpaired) electrons. The van der Waals surface area contributed by atoms with Gasteiger partial charge in [-0.05, 0) is 83.1 Å². The van der Waals surface area contributed by atoms with Crippen molar-refractivity contribution in [2.75, 3.05) is 11.9 Å². The van der Waals surface area contributed by atoms with Gasteiger partial charge in [0, 0.05) is 9.26 Å². The number of carbonyl (C=O) groups is 1. The second kappa shape index (κ2) is 9.89. The van der Waals surface area contributed by atoms with E-state index in [1.807, 2.05) is 73.7 Å². The molecule has 3 rings (SSSR count). The van der Waals surface area contributed by atoms with Crippen LogP contribution < -0.4 is 15.5 Å². The number of amides is 1. The Bertz CT molecular complexity index is 975. The van der Waals surface area contributed by atoms with Crippen molar-refractivity contribution in [1.29, 1.82) is 0 Å². The Hall–Kier alpha value is -2.87. The molecular weight excluding hydrogens is 465 g/mol. The maximum Gasteiger partial charge on any atom is 0.259 e. The highest BCUT2D eigenvalue weighted by atomic mass is 127. The summed E-state index contributed by atoms with van der Waals surface area (Å²) < 4.78 is 6.95. The number of para-hydroxylation sites is 1. The van der Waals surface area contributed by atoms with Crippen molar-refractivity contribution in [1.82, 2.24) is 5.43 Å². The van der Waals surface area contributed by atoms with E-state index in [4.69, 9.17) is 4.74 Å². The maximum absolute atomic E-state index is 12.0. The van der Waals surface area contributed by atoms with Gasteiger partial charge in [-0.1, -0.05) is 30.3 Å². The van der Waals surface area contributed by atoms with E-state index in [0.717, 1.165) is 26.1 Å². The summed E-state index contributed by atoms with van der Waals surface area (Å²) in [4.78, 5) is 12.0. The van der Waals surface area contributed by atoms with E-state index < -0.39 is 0 Å². The minimum absolute atomic E-state index is 0.149. The number of hydrazone groups is 1. The van der Waals surface area contributed by atoms with Gasteiger partial charge in [-0.2, -0.15) is 5.10 Å². The predicted molar refractivity (Wildman–Crippen MR) is 121 cm³/mol. The highest BCUT2D eigenvalue weighted by Crippen LogP contribution is 2.21. The van der Waals surface area contributed by atoms with E-state index in [2.05, 4.69) is 44.5 Å². The van der Waals surface area contributed by atoms with Crippen molar-refractivity contribution < 1.29 is 9.53 Å². The topological polar surface area (TPSA) is 62.7 Å². The van der Waals surface area contributed by atoms with E-state index in [1.54, 1.807) is 6.21 Å². The fraction of sp³-hybridized carbons (Fsp3) is 0.0909. The van der Waals surface area contributed by atoms with Gasteiger partial charge in [0.15, 0.2) is 0 Å². The van der Waals surface area contributed by atoms with Gasteiger partial charge in [0.1, 0.15) is 11.5 Å². The van der Waals surface area contributed by atoms with Crippen molar-refractivity contribution in [3.8, 4) is 11.5 Å². The molecule has 6 heteroatoms. The molecule has 0 unspecified atom stereocenters. The Morgan fingerprint density at radius 2 is 1.82 bits per heavy atom. The van der Waals surface area contributed by atoms with Gasteiger partial charge in [-0.3, -0.25) is 4.79 Å². The third-order valence-corrected chi connectivity index (χ3v) is 4.54. The lowest BCUT2D eigenvalue weighted by atomic mass is 10.2. The molecule has 0 aliphatic heterocycles. The molecule has 0 saturated carbocycles. The fourth-order valence-electron chi connectivity index (χ4n) is 2.50. The molecule has 0 aromatic heterocycles. The summed E-state index contributed by atoms with van der Waals surface area (Å²) in [6.45, 7) is 2.15. The fourth-order valence-corrected chi connectivity index (χ4v) is 3.15. The second-order valence-electron chi connectivity index (χ2n) is 6.09. The van der Waals surface area contributed by atoms with E-state index in [9.17, 15) is 4.79 Å². The molecule has 0 atom stereocenters. The average Bonchev–Trinajstić information content (AvgIpc) is 2.68. The Morgan fingerprint density at radius 1 is 1.04 bits per heavy atom. The summed E-state index contributed by atoms with van der Waals surface area (Å²) in [5.74, 6) is 1.25. The number of halogens is 1. The van der Waals surface area contributed by atoms with Crippen LogP contribution in [0.2, 0.25) is 0 Å². The average molecular weight is 485 g/mol. The van der Waals surface area contributed by atoms with Crippen molar-refractivity contribution in [2.24, 2.45) is 5.10 Å². The highest BCUT2D eigenvalue weighted by Gasteiger charge is 2.03. The first-order valence-electron chi connectivity index (χ1n) is 8.75. The quantitative estimate of drug-likeness (QED) is 0.283. The Balaban J connectivity index is 1.51. The molecule has 0 spiro atoms. The van der Waals surface area contributed by atoms with Crippen LogP contribution in [0.4, 0.5) is 5.69 Å². The molecule has 0 bridgehead atoms. The Labute approximate surface area is 178 Å². The van der Waals surface area contributed by atoms with Crippen LogP contribution >= 0.6 is 22.6 Å². The smallest absolute Gasteiger partial charge is 0.259 e. The van der Waals surface area contributed by atoms with E-state index in [-0.39, 0.29) is 12.5 Å². The summed E-state index contributed by atoms with van der Waals surface area (Å²) in [5.41, 5.74) is 5.39. The van der Waals surface area contributed by atoms with E-state index in [0.29, 0.717) is 5.75 Å². The zero-order valence-corrected chi connectivity index (χ0v) is 17.5. The number of rotatable bonds is 7. The number of hydrogen-bond donors (Lipinski definition) is 2. The van der Waals surface area contributed by atoms with Crippen LogP contribution in [0.1, 0.15) is 11.1 Å². The van der Waals surface area contributed by atoms with Crippen LogP contribution in [-0.4, -0.2) is 18.7 Å². The molecule has 2 N–H and O–H groups in total. The number of carbonyl (C=O) groups excluding carboxylic acids is 1. The number of aryl methyl sites for hydroxylation is 1. The van der Waals surface area contributed by atoms with Crippen molar-refractivity contribution in [3.05, 3.63) is 87.5 Å². The van der Waals surface area contributed by atoms with Crippen molar-refractivity contribution >= 4 is 40.4 Å². The standard InChI is InChI=1S/C22H20IN3O2/c1-16-12-18(23)10-11-21(16)24-15-22(27)26-25-14-17-6-5-9-20(13-17)28-19-7-3-2-4-8-19/h2-14,24H,15H2,1H3,(H,26,27). The van der Waals surface area contributed by atoms with Gasteiger partial charge >= 0.3 is 0 Å². The molecule has 1 amide bonds. The Kier molecular flexibility index (Phi) is 7.02. The third kappa shape index (κ3) is 6.09. The van der Waals surface area contributed by atoms with Gasteiger partial charge in [-0.25, -0.2) is 5.43 Å². The first-order valence-corrected chi connectivity index (χ1v) is 9.83. The Morgan fingerprint density at radius 3 is 2.61 bits per heavy atom. The number of anilines is 1. The summed E-state index contributed by atoms with van der Waals surface area (Å²) in [5, 5.41) is 7.13. The molecule has 0 aliphatic carbocycles. The van der Waals surface area contributed by atoms with Gasteiger partial charge in [0.2, 0.25) is 0 Å². The maximum atomic E-state index is 12.0. The minimum Gasteiger partial charge on any atom is -0.457 e. The molecule has 3 aromatic rings. The predicted octanol–water partition coefficient (Wildman–Crippen LogP) is 4.95. The molecule has 0 aliphatic rings. The zero-order valence-electron chi connectivity index (χ0n) is 15.4. The van der Waals surface area contributed by atoms with Crippen LogP contribution in [0.5, 0.6) is 11.5 Å². The number of nitrogens with zero attached hydrogens (tertiary/aromatic N) is 1. The molecule has 142 valence electrons. The van der Waals surface area contributed by atoms with Crippen LogP contribution in [0.15, 0.2) is 77.9 Å². The van der Waals surface area contributed by atoms with Crippen LogP contribution in [-0.2, 0) is 4.79 Å². The third-order valence-electron chi connectivity index (χ3n) is 3.87. The largest absolute Gasteiger partial charge is 0.457 e. The van der Waals surface area contributed by atoms with Crippen LogP contribution in [0.3, 0.4) is 0 Å². The van der Waals surface area contributed by atoms with Crippen molar-refractivity contribution in [2.45, 2.75) is 6.92 Å². The molecular formula is C22H20IN3O2. The number of ether oxygens (including phenoxy) is 1. The first-order chi connectivity index (χ1) is 13.6. The minimum atomic E-state index is -0.217. The SMILES string of the molecule is Cc1cc(I)ccc1NCC(=O)NN=Cc1cccc(Oc2ccccc2)c1. The lowest BCUT2D eigenvalue weighted by molar-refractivity contribution is -0.119. The van der Waals surface area contributed by atoms with Crippen LogP contribution in [0, 0.1) is 10.5 Å². The molecule has 28 heavy (non-hydrogen) atoms. The van der Waals surface area contributed by atoms with E-state index in [1.165, 1.54) is 0 Å². The number of hydrogen-bond acceptors (Lipinski definition) is 4. The summed E-state index contributed by atoms with van der Waals surface area (Å²) >= 11 is 2.26.